The van der Waals surface area contributed by atoms with Gasteiger partial charge in [-0.2, -0.15) is 0 Å². The highest BCUT2D eigenvalue weighted by Gasteiger charge is 2.53. The van der Waals surface area contributed by atoms with E-state index in [2.05, 4.69) is 10.0 Å². The van der Waals surface area contributed by atoms with E-state index in [1.54, 1.807) is 0 Å². The maximum atomic E-state index is 11.1. The van der Waals surface area contributed by atoms with E-state index < -0.39 is 42.6 Å². The van der Waals surface area contributed by atoms with Crippen LogP contribution in [0, 0.1) is 0 Å². The van der Waals surface area contributed by atoms with Crippen LogP contribution in [0.3, 0.4) is 0 Å². The SMILES string of the molecule is CC(=O)O[C@@H]1[C@@H]2OC[C@@H](O2)[C@@H](OC(C)=O)[C@H]1N=[N+]=[N-]. The fraction of sp³-hybridized carbons (Fsp3) is 0.800. The molecular formula is C10H13N3O6. The Labute approximate surface area is 108 Å². The Kier molecular flexibility index (Phi) is 3.89. The summed E-state index contributed by atoms with van der Waals surface area (Å²) in [6, 6.07) is -0.871. The lowest BCUT2D eigenvalue weighted by molar-refractivity contribution is -0.214. The van der Waals surface area contributed by atoms with Gasteiger partial charge in [0.25, 0.3) is 0 Å². The van der Waals surface area contributed by atoms with Gasteiger partial charge in [0.1, 0.15) is 18.2 Å². The van der Waals surface area contributed by atoms with Crippen molar-refractivity contribution in [3.05, 3.63) is 10.4 Å². The third-order valence-corrected chi connectivity index (χ3v) is 2.83. The van der Waals surface area contributed by atoms with Gasteiger partial charge in [0, 0.05) is 18.8 Å². The molecule has 19 heavy (non-hydrogen) atoms. The van der Waals surface area contributed by atoms with Crippen LogP contribution in [0.5, 0.6) is 0 Å². The normalized spacial score (nSPS) is 36.2. The second-order valence-electron chi connectivity index (χ2n) is 4.22. The van der Waals surface area contributed by atoms with Gasteiger partial charge in [-0.05, 0) is 5.53 Å². The molecule has 5 atom stereocenters. The molecule has 9 nitrogen and oxygen atoms in total. The number of carbonyl (C=O) groups excluding carboxylic acids is 2. The van der Waals surface area contributed by atoms with Crippen molar-refractivity contribution in [3.8, 4) is 0 Å². The van der Waals surface area contributed by atoms with E-state index in [1.165, 1.54) is 13.8 Å². The maximum absolute atomic E-state index is 11.1. The van der Waals surface area contributed by atoms with E-state index in [0.717, 1.165) is 0 Å². The average molecular weight is 271 g/mol. The number of hydrogen-bond acceptors (Lipinski definition) is 7. The predicted molar refractivity (Wildman–Crippen MR) is 58.7 cm³/mol. The fourth-order valence-corrected chi connectivity index (χ4v) is 2.20. The van der Waals surface area contributed by atoms with Crippen molar-refractivity contribution in [2.75, 3.05) is 6.61 Å². The molecule has 0 unspecified atom stereocenters. The molecule has 2 aliphatic rings. The smallest absolute Gasteiger partial charge is 0.303 e. The van der Waals surface area contributed by atoms with Crippen molar-refractivity contribution < 1.29 is 28.5 Å². The third kappa shape index (κ3) is 2.78. The Morgan fingerprint density at radius 3 is 2.47 bits per heavy atom. The van der Waals surface area contributed by atoms with Crippen molar-refractivity contribution in [1.82, 2.24) is 0 Å². The Hall–Kier alpha value is -1.83. The van der Waals surface area contributed by atoms with Gasteiger partial charge in [-0.1, -0.05) is 5.11 Å². The molecular weight excluding hydrogens is 258 g/mol. The summed E-state index contributed by atoms with van der Waals surface area (Å²) in [5, 5.41) is 3.56. The number of esters is 2. The molecule has 2 bridgehead atoms. The highest BCUT2D eigenvalue weighted by molar-refractivity contribution is 5.67. The molecule has 2 rings (SSSR count). The van der Waals surface area contributed by atoms with Crippen LogP contribution in [0.2, 0.25) is 0 Å². The summed E-state index contributed by atoms with van der Waals surface area (Å²) in [6.07, 6.45) is -3.11. The zero-order chi connectivity index (χ0) is 14.0. The quantitative estimate of drug-likeness (QED) is 0.315. The molecule has 2 saturated heterocycles. The molecule has 0 N–H and O–H groups in total. The van der Waals surface area contributed by atoms with Crippen LogP contribution in [0.4, 0.5) is 0 Å². The molecule has 0 radical (unpaired) electrons. The molecule has 9 heteroatoms. The largest absolute Gasteiger partial charge is 0.459 e. The van der Waals surface area contributed by atoms with E-state index in [0.29, 0.717) is 0 Å². The van der Waals surface area contributed by atoms with Crippen LogP contribution < -0.4 is 0 Å². The van der Waals surface area contributed by atoms with E-state index in [4.69, 9.17) is 24.5 Å². The topological polar surface area (TPSA) is 120 Å². The molecule has 0 aromatic heterocycles. The van der Waals surface area contributed by atoms with Crippen molar-refractivity contribution >= 4 is 11.9 Å². The van der Waals surface area contributed by atoms with Gasteiger partial charge in [-0.15, -0.1) is 0 Å². The van der Waals surface area contributed by atoms with Gasteiger partial charge in [0.05, 0.1) is 6.61 Å². The van der Waals surface area contributed by atoms with E-state index in [9.17, 15) is 9.59 Å². The summed E-state index contributed by atoms with van der Waals surface area (Å²) in [5.74, 6) is -1.11. The second-order valence-corrected chi connectivity index (χ2v) is 4.22. The lowest BCUT2D eigenvalue weighted by Crippen LogP contribution is -2.55. The zero-order valence-corrected chi connectivity index (χ0v) is 10.4. The summed E-state index contributed by atoms with van der Waals surface area (Å²) in [5.41, 5.74) is 8.61. The molecule has 0 aromatic rings. The average Bonchev–Trinajstić information content (AvgIpc) is 2.74. The van der Waals surface area contributed by atoms with E-state index >= 15 is 0 Å². The molecule has 2 fully saturated rings. The minimum absolute atomic E-state index is 0.178. The predicted octanol–water partition coefficient (Wildman–Crippen LogP) is 0.284. The van der Waals surface area contributed by atoms with Gasteiger partial charge >= 0.3 is 11.9 Å². The number of nitrogens with zero attached hydrogens (tertiary/aromatic N) is 3. The zero-order valence-electron chi connectivity index (χ0n) is 10.4. The Morgan fingerprint density at radius 1 is 1.26 bits per heavy atom. The number of hydrogen-bond donors (Lipinski definition) is 0. The molecule has 104 valence electrons. The summed E-state index contributed by atoms with van der Waals surface area (Å²) in [7, 11) is 0. The van der Waals surface area contributed by atoms with Crippen molar-refractivity contribution in [2.45, 2.75) is 44.5 Å². The van der Waals surface area contributed by atoms with Gasteiger partial charge in [-0.25, -0.2) is 0 Å². The molecule has 2 aliphatic heterocycles. The molecule has 0 spiro atoms. The fourth-order valence-electron chi connectivity index (χ4n) is 2.20. The number of rotatable bonds is 3. The van der Waals surface area contributed by atoms with Crippen LogP contribution in [0.15, 0.2) is 5.11 Å². The number of carbonyl (C=O) groups is 2. The van der Waals surface area contributed by atoms with Gasteiger partial charge in [0.15, 0.2) is 12.4 Å². The lowest BCUT2D eigenvalue weighted by atomic mass is 9.98. The lowest BCUT2D eigenvalue weighted by Gasteiger charge is -2.37. The highest BCUT2D eigenvalue weighted by atomic mass is 16.8. The van der Waals surface area contributed by atoms with Crippen molar-refractivity contribution in [3.63, 3.8) is 0 Å². The second kappa shape index (κ2) is 5.43. The van der Waals surface area contributed by atoms with E-state index in [1.807, 2.05) is 0 Å². The molecule has 0 saturated carbocycles. The first kappa shape index (κ1) is 13.6. The van der Waals surface area contributed by atoms with Gasteiger partial charge < -0.3 is 18.9 Å². The first-order chi connectivity index (χ1) is 9.02. The standard InChI is InChI=1S/C10H13N3O6/c1-4(14)17-8-6-3-16-10(19-6)9(18-5(2)15)7(8)12-13-11/h6-10H,3H2,1-2H3/t6-,7-,8-,9+,10-/m1/s1. The highest BCUT2D eigenvalue weighted by Crippen LogP contribution is 2.33. The first-order valence-corrected chi connectivity index (χ1v) is 5.68. The Morgan fingerprint density at radius 2 is 1.89 bits per heavy atom. The summed E-state index contributed by atoms with van der Waals surface area (Å²) in [4.78, 5) is 24.9. The van der Waals surface area contributed by atoms with E-state index in [-0.39, 0.29) is 6.61 Å². The Bertz CT molecular complexity index is 405. The minimum atomic E-state index is -0.934. The Balaban J connectivity index is 2.27. The number of ether oxygens (including phenoxy) is 4. The first-order valence-electron chi connectivity index (χ1n) is 5.68. The molecule has 0 aliphatic carbocycles. The van der Waals surface area contributed by atoms with Crippen LogP contribution in [-0.4, -0.2) is 49.2 Å². The maximum Gasteiger partial charge on any atom is 0.303 e. The van der Waals surface area contributed by atoms with Crippen LogP contribution in [-0.2, 0) is 28.5 Å². The van der Waals surface area contributed by atoms with Crippen LogP contribution in [0.1, 0.15) is 13.8 Å². The summed E-state index contributed by atoms with van der Waals surface area (Å²) < 4.78 is 20.9. The third-order valence-electron chi connectivity index (χ3n) is 2.83. The van der Waals surface area contributed by atoms with Crippen molar-refractivity contribution in [1.29, 1.82) is 0 Å². The monoisotopic (exact) mass is 271 g/mol. The summed E-state index contributed by atoms with van der Waals surface area (Å²) >= 11 is 0. The number of azide groups is 1. The molecule has 0 aromatic carbocycles. The molecule has 2 heterocycles. The van der Waals surface area contributed by atoms with Gasteiger partial charge in [0.2, 0.25) is 0 Å². The van der Waals surface area contributed by atoms with Crippen molar-refractivity contribution in [2.24, 2.45) is 5.11 Å². The minimum Gasteiger partial charge on any atom is -0.459 e. The number of fused-ring (bicyclic) bond motifs is 2. The van der Waals surface area contributed by atoms with Crippen LogP contribution >= 0.6 is 0 Å². The summed E-state index contributed by atoms with van der Waals surface area (Å²) in [6.45, 7) is 2.63. The van der Waals surface area contributed by atoms with Crippen LogP contribution in [0.25, 0.3) is 10.4 Å². The molecule has 0 amide bonds. The van der Waals surface area contributed by atoms with Gasteiger partial charge in [-0.3, -0.25) is 9.59 Å².